The minimum atomic E-state index is -0.327. The van der Waals surface area contributed by atoms with Crippen LogP contribution in [0, 0.1) is 20.8 Å². The number of nitrogens with one attached hydrogen (secondary N) is 2. The zero-order valence-corrected chi connectivity index (χ0v) is 12.4. The van der Waals surface area contributed by atoms with Crippen molar-refractivity contribution in [1.82, 2.24) is 10.9 Å². The Bertz CT molecular complexity index is 693. The molecule has 0 aromatic heterocycles. The van der Waals surface area contributed by atoms with Gasteiger partial charge in [-0.2, -0.15) is 0 Å². The van der Waals surface area contributed by atoms with E-state index in [1.54, 1.807) is 18.2 Å². The van der Waals surface area contributed by atoms with E-state index in [0.29, 0.717) is 11.1 Å². The van der Waals surface area contributed by atoms with Crippen molar-refractivity contribution in [3.8, 4) is 0 Å². The number of aryl methyl sites for hydroxylation is 3. The van der Waals surface area contributed by atoms with E-state index in [1.807, 2.05) is 45.0 Å². The Morgan fingerprint density at radius 3 is 2.00 bits per heavy atom. The molecule has 0 unspecified atom stereocenters. The third-order valence-corrected chi connectivity index (χ3v) is 3.32. The number of hydrogen-bond donors (Lipinski definition) is 2. The van der Waals surface area contributed by atoms with Crippen molar-refractivity contribution < 1.29 is 9.59 Å². The van der Waals surface area contributed by atoms with Crippen LogP contribution in [0.15, 0.2) is 42.5 Å². The second-order valence-corrected chi connectivity index (χ2v) is 5.04. The maximum Gasteiger partial charge on any atom is 0.269 e. The topological polar surface area (TPSA) is 58.2 Å². The van der Waals surface area contributed by atoms with Gasteiger partial charge in [-0.1, -0.05) is 35.9 Å². The first-order valence-corrected chi connectivity index (χ1v) is 6.72. The maximum absolute atomic E-state index is 12.1. The number of benzene rings is 2. The number of hydrazine groups is 1. The smallest absolute Gasteiger partial charge is 0.267 e. The van der Waals surface area contributed by atoms with E-state index in [0.717, 1.165) is 16.7 Å². The number of amides is 2. The normalized spacial score (nSPS) is 10.0. The first-order valence-electron chi connectivity index (χ1n) is 6.72. The number of carbonyl (C=O) groups is 2. The lowest BCUT2D eigenvalue weighted by Gasteiger charge is -2.11. The molecule has 108 valence electrons. The van der Waals surface area contributed by atoms with Crippen LogP contribution in [-0.2, 0) is 0 Å². The Hall–Kier alpha value is -2.62. The van der Waals surface area contributed by atoms with E-state index in [2.05, 4.69) is 10.9 Å². The molecule has 2 rings (SSSR count). The van der Waals surface area contributed by atoms with Crippen molar-refractivity contribution in [3.63, 3.8) is 0 Å². The summed E-state index contributed by atoms with van der Waals surface area (Å²) in [6.07, 6.45) is 0. The zero-order valence-electron chi connectivity index (χ0n) is 12.4. The molecule has 0 fully saturated rings. The molecule has 4 heteroatoms. The lowest BCUT2D eigenvalue weighted by Crippen LogP contribution is -2.42. The summed E-state index contributed by atoms with van der Waals surface area (Å²) in [5.74, 6) is -0.648. The van der Waals surface area contributed by atoms with E-state index in [9.17, 15) is 9.59 Å². The SMILES string of the molecule is Cc1ccc(C)c(C(=O)NNC(=O)c2ccccc2C)c1. The molecule has 0 aliphatic rings. The minimum Gasteiger partial charge on any atom is -0.267 e. The monoisotopic (exact) mass is 282 g/mol. The fraction of sp³-hybridized carbons (Fsp3) is 0.176. The van der Waals surface area contributed by atoms with E-state index < -0.39 is 0 Å². The summed E-state index contributed by atoms with van der Waals surface area (Å²) in [5, 5.41) is 0. The Kier molecular flexibility index (Phi) is 4.38. The second kappa shape index (κ2) is 6.22. The van der Waals surface area contributed by atoms with Crippen LogP contribution in [0.5, 0.6) is 0 Å². The van der Waals surface area contributed by atoms with Gasteiger partial charge < -0.3 is 0 Å². The molecule has 4 nitrogen and oxygen atoms in total. The number of rotatable bonds is 2. The summed E-state index contributed by atoms with van der Waals surface area (Å²) in [7, 11) is 0. The molecule has 2 aromatic carbocycles. The van der Waals surface area contributed by atoms with Crippen molar-refractivity contribution in [1.29, 1.82) is 0 Å². The Balaban J connectivity index is 2.06. The molecule has 0 heterocycles. The second-order valence-electron chi connectivity index (χ2n) is 5.04. The van der Waals surface area contributed by atoms with Crippen LogP contribution in [0.4, 0.5) is 0 Å². The third-order valence-electron chi connectivity index (χ3n) is 3.32. The molecule has 0 atom stereocenters. The van der Waals surface area contributed by atoms with Gasteiger partial charge in [0, 0.05) is 11.1 Å². The van der Waals surface area contributed by atoms with E-state index in [4.69, 9.17) is 0 Å². The largest absolute Gasteiger partial charge is 0.269 e. The van der Waals surface area contributed by atoms with Crippen LogP contribution >= 0.6 is 0 Å². The van der Waals surface area contributed by atoms with Crippen LogP contribution in [0.3, 0.4) is 0 Å². The lowest BCUT2D eigenvalue weighted by molar-refractivity contribution is 0.0846. The molecule has 0 bridgehead atoms. The van der Waals surface area contributed by atoms with Gasteiger partial charge in [0.1, 0.15) is 0 Å². The van der Waals surface area contributed by atoms with Crippen LogP contribution in [0.25, 0.3) is 0 Å². The zero-order chi connectivity index (χ0) is 15.4. The predicted molar refractivity (Wildman–Crippen MR) is 82.0 cm³/mol. The quantitative estimate of drug-likeness (QED) is 0.832. The molecular weight excluding hydrogens is 264 g/mol. The van der Waals surface area contributed by atoms with Crippen molar-refractivity contribution in [2.75, 3.05) is 0 Å². The Labute approximate surface area is 124 Å². The van der Waals surface area contributed by atoms with Gasteiger partial charge >= 0.3 is 0 Å². The molecule has 21 heavy (non-hydrogen) atoms. The summed E-state index contributed by atoms with van der Waals surface area (Å²) >= 11 is 0. The van der Waals surface area contributed by atoms with Crippen molar-refractivity contribution in [2.45, 2.75) is 20.8 Å². The Morgan fingerprint density at radius 2 is 1.33 bits per heavy atom. The lowest BCUT2D eigenvalue weighted by atomic mass is 10.1. The molecule has 0 aliphatic carbocycles. The Morgan fingerprint density at radius 1 is 0.762 bits per heavy atom. The summed E-state index contributed by atoms with van der Waals surface area (Å²) in [6.45, 7) is 5.63. The predicted octanol–water partition coefficient (Wildman–Crippen LogP) is 2.69. The standard InChI is InChI=1S/C17H18N2O2/c1-11-8-9-13(3)15(10-11)17(21)19-18-16(20)14-7-5-4-6-12(14)2/h4-10H,1-3H3,(H,18,20)(H,19,21). The molecule has 2 amide bonds. The highest BCUT2D eigenvalue weighted by Crippen LogP contribution is 2.10. The van der Waals surface area contributed by atoms with E-state index in [1.165, 1.54) is 0 Å². The maximum atomic E-state index is 12.1. The molecule has 0 saturated carbocycles. The first kappa shape index (κ1) is 14.8. The van der Waals surface area contributed by atoms with Gasteiger partial charge in [0.2, 0.25) is 0 Å². The highest BCUT2D eigenvalue weighted by molar-refractivity contribution is 6.00. The van der Waals surface area contributed by atoms with Crippen LogP contribution in [0.1, 0.15) is 37.4 Å². The molecule has 0 aliphatic heterocycles. The highest BCUT2D eigenvalue weighted by atomic mass is 16.2. The average molecular weight is 282 g/mol. The van der Waals surface area contributed by atoms with Gasteiger partial charge in [-0.25, -0.2) is 0 Å². The third kappa shape index (κ3) is 3.48. The molecule has 2 N–H and O–H groups in total. The van der Waals surface area contributed by atoms with Gasteiger partial charge in [-0.15, -0.1) is 0 Å². The number of carbonyl (C=O) groups excluding carboxylic acids is 2. The summed E-state index contributed by atoms with van der Waals surface area (Å²) in [5.41, 5.74) is 8.71. The fourth-order valence-corrected chi connectivity index (χ4v) is 2.06. The van der Waals surface area contributed by atoms with Crippen LogP contribution in [-0.4, -0.2) is 11.8 Å². The minimum absolute atomic E-state index is 0.321. The van der Waals surface area contributed by atoms with Crippen LogP contribution < -0.4 is 10.9 Å². The first-order chi connectivity index (χ1) is 9.99. The van der Waals surface area contributed by atoms with Gasteiger partial charge in [0.05, 0.1) is 0 Å². The van der Waals surface area contributed by atoms with Crippen molar-refractivity contribution >= 4 is 11.8 Å². The van der Waals surface area contributed by atoms with Crippen LogP contribution in [0.2, 0.25) is 0 Å². The van der Waals surface area contributed by atoms with Gasteiger partial charge in [-0.05, 0) is 44.0 Å². The number of hydrogen-bond acceptors (Lipinski definition) is 2. The van der Waals surface area contributed by atoms with Gasteiger partial charge in [-0.3, -0.25) is 20.4 Å². The summed E-state index contributed by atoms with van der Waals surface area (Å²) < 4.78 is 0. The summed E-state index contributed by atoms with van der Waals surface area (Å²) in [4.78, 5) is 24.1. The fourth-order valence-electron chi connectivity index (χ4n) is 2.06. The van der Waals surface area contributed by atoms with E-state index >= 15 is 0 Å². The molecule has 0 saturated heterocycles. The molecule has 0 radical (unpaired) electrons. The summed E-state index contributed by atoms with van der Waals surface area (Å²) in [6, 6.07) is 12.8. The molecule has 2 aromatic rings. The highest BCUT2D eigenvalue weighted by Gasteiger charge is 2.12. The van der Waals surface area contributed by atoms with Gasteiger partial charge in [0.25, 0.3) is 11.8 Å². The van der Waals surface area contributed by atoms with Crippen molar-refractivity contribution in [3.05, 3.63) is 70.3 Å². The van der Waals surface area contributed by atoms with Gasteiger partial charge in [0.15, 0.2) is 0 Å². The average Bonchev–Trinajstić information content (AvgIpc) is 2.47. The molecule has 0 spiro atoms. The van der Waals surface area contributed by atoms with E-state index in [-0.39, 0.29) is 11.8 Å². The van der Waals surface area contributed by atoms with Crippen molar-refractivity contribution in [2.24, 2.45) is 0 Å². The molecular formula is C17H18N2O2.